The van der Waals surface area contributed by atoms with Crippen LogP contribution in [0.25, 0.3) is 0 Å². The Bertz CT molecular complexity index is 1030. The Balaban J connectivity index is 0.00000231. The first-order valence-electron chi connectivity index (χ1n) is 10.6. The standard InChI is InChI=1S/C25H27F2N3.ClH/c1-28-14-12-20-22(24(28)16-8-4-6-10-18(16)26)23-21(30(20)3)13-15-29(2)25(23)17-9-5-7-11-19(17)27;/h4-11,24-25H,12-15H2,1-3H3;1H/t24-,25-;/m0./s1. The van der Waals surface area contributed by atoms with Gasteiger partial charge < -0.3 is 4.57 Å². The molecule has 3 nitrogen and oxygen atoms in total. The van der Waals surface area contributed by atoms with Crippen molar-refractivity contribution in [3.05, 3.63) is 93.8 Å². The second-order valence-electron chi connectivity index (χ2n) is 8.59. The molecule has 2 aromatic carbocycles. The lowest BCUT2D eigenvalue weighted by molar-refractivity contribution is 0.240. The molecule has 164 valence electrons. The van der Waals surface area contributed by atoms with Crippen molar-refractivity contribution in [2.45, 2.75) is 24.9 Å². The highest BCUT2D eigenvalue weighted by atomic mass is 35.5. The molecule has 1 aromatic heterocycles. The van der Waals surface area contributed by atoms with E-state index in [1.165, 1.54) is 23.5 Å². The summed E-state index contributed by atoms with van der Waals surface area (Å²) in [6.07, 6.45) is 1.82. The first-order valence-corrected chi connectivity index (χ1v) is 10.6. The average Bonchev–Trinajstić information content (AvgIpc) is 3.02. The zero-order chi connectivity index (χ0) is 21.0. The number of hydrogen-bond acceptors (Lipinski definition) is 2. The molecule has 0 aliphatic carbocycles. The van der Waals surface area contributed by atoms with E-state index in [-0.39, 0.29) is 36.1 Å². The number of likely N-dealkylation sites (N-methyl/N-ethyl adjacent to an activating group) is 2. The van der Waals surface area contributed by atoms with Gasteiger partial charge in [-0.1, -0.05) is 36.4 Å². The third-order valence-corrected chi connectivity index (χ3v) is 6.95. The van der Waals surface area contributed by atoms with Crippen LogP contribution < -0.4 is 0 Å². The van der Waals surface area contributed by atoms with E-state index in [9.17, 15) is 8.78 Å². The molecule has 5 rings (SSSR count). The topological polar surface area (TPSA) is 11.4 Å². The zero-order valence-corrected chi connectivity index (χ0v) is 18.9. The third-order valence-electron chi connectivity index (χ3n) is 6.95. The third kappa shape index (κ3) is 3.39. The van der Waals surface area contributed by atoms with Gasteiger partial charge in [0.05, 0.1) is 12.1 Å². The monoisotopic (exact) mass is 443 g/mol. The van der Waals surface area contributed by atoms with Crippen molar-refractivity contribution < 1.29 is 8.78 Å². The van der Waals surface area contributed by atoms with E-state index >= 15 is 0 Å². The number of hydrogen-bond donors (Lipinski definition) is 0. The highest BCUT2D eigenvalue weighted by molar-refractivity contribution is 5.85. The lowest BCUT2D eigenvalue weighted by Crippen LogP contribution is -2.37. The first-order chi connectivity index (χ1) is 14.5. The summed E-state index contributed by atoms with van der Waals surface area (Å²) in [5.41, 5.74) is 6.20. The molecule has 3 aromatic rings. The average molecular weight is 444 g/mol. The van der Waals surface area contributed by atoms with E-state index in [0.29, 0.717) is 11.1 Å². The van der Waals surface area contributed by atoms with E-state index in [4.69, 9.17) is 0 Å². The van der Waals surface area contributed by atoms with E-state index in [2.05, 4.69) is 35.5 Å². The Kier molecular flexibility index (Phi) is 5.95. The number of nitrogens with zero attached hydrogens (tertiary/aromatic N) is 3. The molecule has 0 radical (unpaired) electrons. The fraction of sp³-hybridized carbons (Fsp3) is 0.360. The number of fused-ring (bicyclic) bond motifs is 3. The van der Waals surface area contributed by atoms with Gasteiger partial charge in [-0.3, -0.25) is 9.80 Å². The Hall–Kier alpha value is -2.21. The van der Waals surface area contributed by atoms with Crippen LogP contribution in [0.15, 0.2) is 48.5 Å². The largest absolute Gasteiger partial charge is 0.351 e. The molecule has 0 N–H and O–H groups in total. The first kappa shape index (κ1) is 22.0. The molecule has 2 aliphatic heterocycles. The number of benzene rings is 2. The van der Waals surface area contributed by atoms with E-state index in [1.807, 2.05) is 24.3 Å². The van der Waals surface area contributed by atoms with Crippen LogP contribution in [0.4, 0.5) is 8.78 Å². The van der Waals surface area contributed by atoms with Gasteiger partial charge in [0.2, 0.25) is 0 Å². The quantitative estimate of drug-likeness (QED) is 0.559. The number of aromatic nitrogens is 1. The van der Waals surface area contributed by atoms with Crippen LogP contribution in [-0.4, -0.2) is 41.6 Å². The summed E-state index contributed by atoms with van der Waals surface area (Å²) in [4.78, 5) is 4.46. The molecule has 3 heterocycles. The molecule has 0 unspecified atom stereocenters. The lowest BCUT2D eigenvalue weighted by Gasteiger charge is -2.38. The molecular weight excluding hydrogens is 416 g/mol. The number of rotatable bonds is 2. The normalized spacial score (nSPS) is 21.3. The van der Waals surface area contributed by atoms with E-state index in [1.54, 1.807) is 12.1 Å². The van der Waals surface area contributed by atoms with Gasteiger partial charge in [-0.05, 0) is 26.2 Å². The van der Waals surface area contributed by atoms with Gasteiger partial charge in [0, 0.05) is 66.6 Å². The Morgan fingerprint density at radius 2 is 1.06 bits per heavy atom. The smallest absolute Gasteiger partial charge is 0.128 e. The van der Waals surface area contributed by atoms with Crippen LogP contribution in [0.5, 0.6) is 0 Å². The van der Waals surface area contributed by atoms with Crippen LogP contribution in [0, 0.1) is 11.6 Å². The molecule has 6 heteroatoms. The number of halogens is 3. The van der Waals surface area contributed by atoms with Crippen LogP contribution in [0.1, 0.15) is 45.7 Å². The molecule has 0 bridgehead atoms. The summed E-state index contributed by atoms with van der Waals surface area (Å²) >= 11 is 0. The predicted molar refractivity (Wildman–Crippen MR) is 122 cm³/mol. The molecule has 0 saturated heterocycles. The minimum absolute atomic E-state index is 0. The second-order valence-corrected chi connectivity index (χ2v) is 8.59. The van der Waals surface area contributed by atoms with Gasteiger partial charge >= 0.3 is 0 Å². The maximum Gasteiger partial charge on any atom is 0.128 e. The van der Waals surface area contributed by atoms with Gasteiger partial charge in [0.1, 0.15) is 11.6 Å². The molecule has 0 fully saturated rings. The van der Waals surface area contributed by atoms with Crippen LogP contribution in [0.3, 0.4) is 0 Å². The summed E-state index contributed by atoms with van der Waals surface area (Å²) in [5.74, 6) is -0.377. The van der Waals surface area contributed by atoms with Crippen molar-refractivity contribution >= 4 is 12.4 Å². The van der Waals surface area contributed by atoms with Gasteiger partial charge in [-0.25, -0.2) is 8.78 Å². The van der Waals surface area contributed by atoms with Gasteiger partial charge in [-0.2, -0.15) is 0 Å². The summed E-state index contributed by atoms with van der Waals surface area (Å²) in [5, 5.41) is 0. The molecule has 2 atom stereocenters. The van der Waals surface area contributed by atoms with Crippen molar-refractivity contribution in [3.63, 3.8) is 0 Å². The maximum absolute atomic E-state index is 14.9. The van der Waals surface area contributed by atoms with Crippen LogP contribution in [-0.2, 0) is 19.9 Å². The molecule has 2 aliphatic rings. The van der Waals surface area contributed by atoms with Crippen molar-refractivity contribution in [1.82, 2.24) is 14.4 Å². The highest BCUT2D eigenvalue weighted by Crippen LogP contribution is 2.47. The summed E-state index contributed by atoms with van der Waals surface area (Å²) in [7, 11) is 6.24. The summed E-state index contributed by atoms with van der Waals surface area (Å²) in [6.45, 7) is 1.73. The second kappa shape index (κ2) is 8.38. The highest BCUT2D eigenvalue weighted by Gasteiger charge is 2.40. The van der Waals surface area contributed by atoms with E-state index < -0.39 is 0 Å². The molecule has 0 saturated carbocycles. The molecular formula is C25H28ClF2N3. The summed E-state index contributed by atoms with van der Waals surface area (Å²) in [6, 6.07) is 13.8. The van der Waals surface area contributed by atoms with Gasteiger partial charge in [-0.15, -0.1) is 12.4 Å². The van der Waals surface area contributed by atoms with Crippen molar-refractivity contribution in [1.29, 1.82) is 0 Å². The zero-order valence-electron chi connectivity index (χ0n) is 18.1. The van der Waals surface area contributed by atoms with Gasteiger partial charge in [0.15, 0.2) is 0 Å². The van der Waals surface area contributed by atoms with E-state index in [0.717, 1.165) is 37.1 Å². The van der Waals surface area contributed by atoms with Crippen molar-refractivity contribution in [2.75, 3.05) is 27.2 Å². The van der Waals surface area contributed by atoms with Crippen molar-refractivity contribution in [2.24, 2.45) is 7.05 Å². The lowest BCUT2D eigenvalue weighted by atomic mass is 9.83. The SMILES string of the molecule is CN1CCc2c(c3c(n2C)CCN(C)[C@H]3c2ccccc2F)[C@@H]1c1ccccc1F.Cl. The van der Waals surface area contributed by atoms with Gasteiger partial charge in [0.25, 0.3) is 0 Å². The Morgan fingerprint density at radius 3 is 1.45 bits per heavy atom. The maximum atomic E-state index is 14.9. The minimum atomic E-state index is -0.189. The van der Waals surface area contributed by atoms with Crippen LogP contribution in [0.2, 0.25) is 0 Å². The molecule has 0 spiro atoms. The molecule has 31 heavy (non-hydrogen) atoms. The summed E-state index contributed by atoms with van der Waals surface area (Å²) < 4.78 is 32.2. The minimum Gasteiger partial charge on any atom is -0.351 e. The predicted octanol–water partition coefficient (Wildman–Crippen LogP) is 4.88. The van der Waals surface area contributed by atoms with Crippen LogP contribution >= 0.6 is 12.4 Å². The Labute approximate surface area is 188 Å². The fourth-order valence-corrected chi connectivity index (χ4v) is 5.49. The van der Waals surface area contributed by atoms with Crippen molar-refractivity contribution in [3.8, 4) is 0 Å². The Morgan fingerprint density at radius 1 is 0.677 bits per heavy atom. The molecule has 0 amide bonds. The fourth-order valence-electron chi connectivity index (χ4n) is 5.49.